The smallest absolute Gasteiger partial charge is 0.149 e. The Morgan fingerprint density at radius 1 is 1.31 bits per heavy atom. The van der Waals surface area contributed by atoms with Crippen LogP contribution in [0.3, 0.4) is 0 Å². The predicted octanol–water partition coefficient (Wildman–Crippen LogP) is 2.41. The standard InChI is InChI=1S/C12H16F2N2/c1-2-16(9-3-4-9)12-10(13)5-8(7-15)6-11(12)14/h5-6,9H,2-4,7,15H2,1H3. The first kappa shape index (κ1) is 11.3. The number of hydrogen-bond donors (Lipinski definition) is 1. The average molecular weight is 226 g/mol. The zero-order valence-electron chi connectivity index (χ0n) is 9.34. The summed E-state index contributed by atoms with van der Waals surface area (Å²) in [7, 11) is 0. The Balaban J connectivity index is 2.38. The Hall–Kier alpha value is -1.16. The first-order valence-electron chi connectivity index (χ1n) is 5.62. The maximum absolute atomic E-state index is 13.8. The Bertz CT molecular complexity index is 366. The van der Waals surface area contributed by atoms with E-state index in [0.717, 1.165) is 12.8 Å². The highest BCUT2D eigenvalue weighted by Gasteiger charge is 2.31. The molecule has 2 nitrogen and oxygen atoms in total. The zero-order chi connectivity index (χ0) is 11.7. The van der Waals surface area contributed by atoms with Crippen molar-refractivity contribution >= 4 is 5.69 Å². The lowest BCUT2D eigenvalue weighted by atomic mass is 10.1. The molecule has 0 amide bonds. The summed E-state index contributed by atoms with van der Waals surface area (Å²) in [4.78, 5) is 1.80. The van der Waals surface area contributed by atoms with E-state index in [1.807, 2.05) is 6.92 Å². The predicted molar refractivity (Wildman–Crippen MR) is 60.3 cm³/mol. The van der Waals surface area contributed by atoms with Gasteiger partial charge in [0.15, 0.2) is 0 Å². The van der Waals surface area contributed by atoms with Crippen LogP contribution in [0.2, 0.25) is 0 Å². The van der Waals surface area contributed by atoms with Gasteiger partial charge < -0.3 is 10.6 Å². The molecule has 4 heteroatoms. The largest absolute Gasteiger partial charge is 0.364 e. The van der Waals surface area contributed by atoms with E-state index in [2.05, 4.69) is 0 Å². The van der Waals surface area contributed by atoms with Crippen LogP contribution < -0.4 is 10.6 Å². The van der Waals surface area contributed by atoms with E-state index < -0.39 is 11.6 Å². The van der Waals surface area contributed by atoms with Crippen LogP contribution >= 0.6 is 0 Å². The number of benzene rings is 1. The van der Waals surface area contributed by atoms with Gasteiger partial charge in [-0.1, -0.05) is 0 Å². The topological polar surface area (TPSA) is 29.3 Å². The number of hydrogen-bond acceptors (Lipinski definition) is 2. The fraction of sp³-hybridized carbons (Fsp3) is 0.500. The molecule has 2 N–H and O–H groups in total. The van der Waals surface area contributed by atoms with Crippen molar-refractivity contribution in [2.45, 2.75) is 32.4 Å². The van der Waals surface area contributed by atoms with Gasteiger partial charge in [-0.15, -0.1) is 0 Å². The molecule has 0 bridgehead atoms. The zero-order valence-corrected chi connectivity index (χ0v) is 9.34. The van der Waals surface area contributed by atoms with Gasteiger partial charge in [-0.25, -0.2) is 8.78 Å². The van der Waals surface area contributed by atoms with Crippen LogP contribution in [0.25, 0.3) is 0 Å². The number of nitrogens with zero attached hydrogens (tertiary/aromatic N) is 1. The Labute approximate surface area is 94.0 Å². The van der Waals surface area contributed by atoms with Gasteiger partial charge in [-0.2, -0.15) is 0 Å². The summed E-state index contributed by atoms with van der Waals surface area (Å²) in [5.41, 5.74) is 5.96. The van der Waals surface area contributed by atoms with Crippen LogP contribution in [0.15, 0.2) is 12.1 Å². The van der Waals surface area contributed by atoms with Crippen molar-refractivity contribution in [1.29, 1.82) is 0 Å². The van der Waals surface area contributed by atoms with Gasteiger partial charge in [-0.3, -0.25) is 0 Å². The molecule has 0 radical (unpaired) electrons. The molecule has 0 heterocycles. The first-order chi connectivity index (χ1) is 7.67. The molecule has 1 fully saturated rings. The maximum atomic E-state index is 13.8. The van der Waals surface area contributed by atoms with Gasteiger partial charge in [0, 0.05) is 19.1 Å². The fourth-order valence-corrected chi connectivity index (χ4v) is 2.00. The second-order valence-electron chi connectivity index (χ2n) is 4.13. The lowest BCUT2D eigenvalue weighted by Crippen LogP contribution is -2.27. The monoisotopic (exact) mass is 226 g/mol. The number of halogens is 2. The number of rotatable bonds is 4. The third kappa shape index (κ3) is 2.02. The highest BCUT2D eigenvalue weighted by molar-refractivity contribution is 5.52. The van der Waals surface area contributed by atoms with Crippen molar-refractivity contribution in [1.82, 2.24) is 0 Å². The Morgan fingerprint density at radius 3 is 2.25 bits per heavy atom. The van der Waals surface area contributed by atoms with Crippen molar-refractivity contribution in [2.75, 3.05) is 11.4 Å². The van der Waals surface area contributed by atoms with Crippen LogP contribution in [-0.4, -0.2) is 12.6 Å². The number of nitrogens with two attached hydrogens (primary N) is 1. The highest BCUT2D eigenvalue weighted by atomic mass is 19.1. The summed E-state index contributed by atoms with van der Waals surface area (Å²) < 4.78 is 27.6. The minimum Gasteiger partial charge on any atom is -0.364 e. The van der Waals surface area contributed by atoms with E-state index in [0.29, 0.717) is 18.2 Å². The van der Waals surface area contributed by atoms with Gasteiger partial charge in [-0.05, 0) is 37.5 Å². The molecule has 1 aliphatic rings. The molecular formula is C12H16F2N2. The molecule has 2 rings (SSSR count). The molecule has 1 aliphatic carbocycles. The molecule has 0 unspecified atom stereocenters. The van der Waals surface area contributed by atoms with E-state index in [-0.39, 0.29) is 12.2 Å². The van der Waals surface area contributed by atoms with Crippen LogP contribution in [0, 0.1) is 11.6 Å². The van der Waals surface area contributed by atoms with Gasteiger partial charge in [0.25, 0.3) is 0 Å². The van der Waals surface area contributed by atoms with Gasteiger partial charge >= 0.3 is 0 Å². The normalized spacial score (nSPS) is 15.2. The van der Waals surface area contributed by atoms with Crippen molar-refractivity contribution in [3.05, 3.63) is 29.3 Å². The SMILES string of the molecule is CCN(c1c(F)cc(CN)cc1F)C1CC1. The second-order valence-corrected chi connectivity index (χ2v) is 4.13. The molecule has 1 aromatic rings. The summed E-state index contributed by atoms with van der Waals surface area (Å²) in [6, 6.07) is 2.95. The Morgan fingerprint density at radius 2 is 1.88 bits per heavy atom. The van der Waals surface area contributed by atoms with Gasteiger partial charge in [0.05, 0.1) is 0 Å². The lowest BCUT2D eigenvalue weighted by Gasteiger charge is -2.24. The third-order valence-corrected chi connectivity index (χ3v) is 2.93. The molecule has 0 aromatic heterocycles. The van der Waals surface area contributed by atoms with Gasteiger partial charge in [0.1, 0.15) is 17.3 Å². The maximum Gasteiger partial charge on any atom is 0.149 e. The van der Waals surface area contributed by atoms with E-state index >= 15 is 0 Å². The minimum absolute atomic E-state index is 0.0993. The molecular weight excluding hydrogens is 210 g/mol. The fourth-order valence-electron chi connectivity index (χ4n) is 2.00. The van der Waals surface area contributed by atoms with E-state index in [9.17, 15) is 8.78 Å². The van der Waals surface area contributed by atoms with Gasteiger partial charge in [0.2, 0.25) is 0 Å². The van der Waals surface area contributed by atoms with Crippen molar-refractivity contribution in [3.8, 4) is 0 Å². The van der Waals surface area contributed by atoms with E-state index in [1.165, 1.54) is 12.1 Å². The molecule has 16 heavy (non-hydrogen) atoms. The molecule has 88 valence electrons. The summed E-state index contributed by atoms with van der Waals surface area (Å²) in [6.45, 7) is 2.69. The van der Waals surface area contributed by atoms with Crippen LogP contribution in [0.5, 0.6) is 0 Å². The molecule has 0 atom stereocenters. The quantitative estimate of drug-likeness (QED) is 0.854. The molecule has 0 spiro atoms. The molecule has 0 aliphatic heterocycles. The van der Waals surface area contributed by atoms with Crippen LogP contribution in [0.1, 0.15) is 25.3 Å². The highest BCUT2D eigenvalue weighted by Crippen LogP contribution is 2.34. The van der Waals surface area contributed by atoms with E-state index in [1.54, 1.807) is 4.90 Å². The third-order valence-electron chi connectivity index (χ3n) is 2.93. The van der Waals surface area contributed by atoms with Crippen molar-refractivity contribution in [2.24, 2.45) is 5.73 Å². The first-order valence-corrected chi connectivity index (χ1v) is 5.62. The molecule has 1 saturated carbocycles. The average Bonchev–Trinajstić information content (AvgIpc) is 3.06. The van der Waals surface area contributed by atoms with E-state index in [4.69, 9.17) is 5.73 Å². The number of anilines is 1. The Kier molecular flexibility index (Phi) is 3.10. The summed E-state index contributed by atoms with van der Waals surface area (Å²) >= 11 is 0. The van der Waals surface area contributed by atoms with Crippen LogP contribution in [0.4, 0.5) is 14.5 Å². The summed E-state index contributed by atoms with van der Waals surface area (Å²) in [5, 5.41) is 0. The van der Waals surface area contributed by atoms with Crippen LogP contribution in [-0.2, 0) is 6.54 Å². The van der Waals surface area contributed by atoms with Crippen molar-refractivity contribution in [3.63, 3.8) is 0 Å². The lowest BCUT2D eigenvalue weighted by molar-refractivity contribution is 0.567. The minimum atomic E-state index is -0.505. The summed E-state index contributed by atoms with van der Waals surface area (Å²) in [5.74, 6) is -1.01. The summed E-state index contributed by atoms with van der Waals surface area (Å²) in [6.07, 6.45) is 2.04. The van der Waals surface area contributed by atoms with Crippen molar-refractivity contribution < 1.29 is 8.78 Å². The second kappa shape index (κ2) is 4.37. The molecule has 0 saturated heterocycles. The molecule has 1 aromatic carbocycles.